The number of rotatable bonds is 8. The molecule has 1 unspecified atom stereocenters. The van der Waals surface area contributed by atoms with Crippen LogP contribution in [-0.2, 0) is 16.1 Å². The summed E-state index contributed by atoms with van der Waals surface area (Å²) in [6.07, 6.45) is 0.595. The van der Waals surface area contributed by atoms with E-state index in [1.54, 1.807) is 18.3 Å². The van der Waals surface area contributed by atoms with Gasteiger partial charge in [-0.3, -0.25) is 14.8 Å². The molecule has 3 aromatic rings. The highest BCUT2D eigenvalue weighted by Gasteiger charge is 2.32. The first-order valence-corrected chi connectivity index (χ1v) is 11.2. The molecule has 1 aliphatic rings. The zero-order valence-corrected chi connectivity index (χ0v) is 19.5. The number of benzene rings is 2. The predicted molar refractivity (Wildman–Crippen MR) is 127 cm³/mol. The Morgan fingerprint density at radius 3 is 2.74 bits per heavy atom. The van der Waals surface area contributed by atoms with E-state index < -0.39 is 18.0 Å². The number of nitrogens with one attached hydrogen (secondary N) is 3. The number of halogens is 2. The van der Waals surface area contributed by atoms with Gasteiger partial charge in [0.1, 0.15) is 11.9 Å². The normalized spacial score (nSPS) is 16.4. The van der Waals surface area contributed by atoms with Gasteiger partial charge in [-0.05, 0) is 36.2 Å². The van der Waals surface area contributed by atoms with Crippen molar-refractivity contribution in [3.05, 3.63) is 70.8 Å². The van der Waals surface area contributed by atoms with E-state index in [0.717, 1.165) is 16.8 Å². The van der Waals surface area contributed by atoms with Crippen molar-refractivity contribution in [3.8, 4) is 11.1 Å². The van der Waals surface area contributed by atoms with Gasteiger partial charge >= 0.3 is 6.09 Å². The lowest BCUT2D eigenvalue weighted by Crippen LogP contribution is -2.33. The molecule has 2 heterocycles. The smallest absolute Gasteiger partial charge is 0.414 e. The molecule has 4 rings (SSSR count). The van der Waals surface area contributed by atoms with E-state index in [1.165, 1.54) is 17.9 Å². The molecule has 1 saturated heterocycles. The predicted octanol–water partition coefficient (Wildman–Crippen LogP) is 4.18. The number of carbonyl (C=O) groups is 2. The average molecular weight is 486 g/mol. The summed E-state index contributed by atoms with van der Waals surface area (Å²) in [7, 11) is 0. The Balaban J connectivity index is 1.39. The standard InChI is InChI=1S/C24H25ClFN5O3/c1-14(23-21(25)12-29-30-23)27-10-16-3-5-17(6-4-16)20-8-7-18(9-22(20)26)31-13-19(34-24(31)33)11-28-15(2)32/h3-9,12,14,19,27H,10-11,13H2,1-2H3,(H,28,32)(H,29,30)/t14?,19-/m0/s1. The van der Waals surface area contributed by atoms with Gasteiger partial charge in [-0.15, -0.1) is 0 Å². The maximum atomic E-state index is 14.9. The summed E-state index contributed by atoms with van der Waals surface area (Å²) in [5.41, 5.74) is 3.35. The molecular weight excluding hydrogens is 461 g/mol. The summed E-state index contributed by atoms with van der Waals surface area (Å²) in [6, 6.07) is 12.2. The first kappa shape index (κ1) is 23.7. The summed E-state index contributed by atoms with van der Waals surface area (Å²) < 4.78 is 20.2. The summed E-state index contributed by atoms with van der Waals surface area (Å²) in [6.45, 7) is 4.42. The Bertz CT molecular complexity index is 1180. The molecule has 0 radical (unpaired) electrons. The highest BCUT2D eigenvalue weighted by atomic mass is 35.5. The van der Waals surface area contributed by atoms with Crippen LogP contribution in [0.2, 0.25) is 5.02 Å². The van der Waals surface area contributed by atoms with E-state index in [1.807, 2.05) is 31.2 Å². The van der Waals surface area contributed by atoms with Crippen LogP contribution in [0.15, 0.2) is 48.7 Å². The van der Waals surface area contributed by atoms with Crippen LogP contribution in [0.4, 0.5) is 14.9 Å². The Kier molecular flexibility index (Phi) is 7.14. The molecule has 1 aliphatic heterocycles. The van der Waals surface area contributed by atoms with Crippen molar-refractivity contribution in [2.75, 3.05) is 18.0 Å². The highest BCUT2D eigenvalue weighted by Crippen LogP contribution is 2.29. The van der Waals surface area contributed by atoms with E-state index in [-0.39, 0.29) is 25.0 Å². The number of hydrogen-bond donors (Lipinski definition) is 3. The Morgan fingerprint density at radius 1 is 1.32 bits per heavy atom. The molecule has 2 amide bonds. The third-order valence-electron chi connectivity index (χ3n) is 5.63. The molecule has 0 saturated carbocycles. The molecule has 0 aliphatic carbocycles. The minimum atomic E-state index is -0.565. The van der Waals surface area contributed by atoms with Gasteiger partial charge in [0.05, 0.1) is 35.5 Å². The van der Waals surface area contributed by atoms with Crippen LogP contribution in [0, 0.1) is 5.82 Å². The Morgan fingerprint density at radius 2 is 2.09 bits per heavy atom. The molecule has 178 valence electrons. The molecular formula is C24H25ClFN5O3. The van der Waals surface area contributed by atoms with Crippen LogP contribution in [0.1, 0.15) is 31.1 Å². The van der Waals surface area contributed by atoms with Gasteiger partial charge in [0, 0.05) is 25.2 Å². The van der Waals surface area contributed by atoms with Crippen molar-refractivity contribution in [1.29, 1.82) is 0 Å². The van der Waals surface area contributed by atoms with Gasteiger partial charge in [-0.2, -0.15) is 5.10 Å². The summed E-state index contributed by atoms with van der Waals surface area (Å²) in [4.78, 5) is 24.6. The monoisotopic (exact) mass is 485 g/mol. The number of hydrogen-bond acceptors (Lipinski definition) is 5. The largest absolute Gasteiger partial charge is 0.442 e. The molecule has 2 atom stereocenters. The molecule has 34 heavy (non-hydrogen) atoms. The van der Waals surface area contributed by atoms with E-state index in [2.05, 4.69) is 20.8 Å². The van der Waals surface area contributed by atoms with Crippen LogP contribution in [0.25, 0.3) is 11.1 Å². The number of nitrogens with zero attached hydrogens (tertiary/aromatic N) is 2. The molecule has 3 N–H and O–H groups in total. The lowest BCUT2D eigenvalue weighted by Gasteiger charge is -2.15. The second kappa shape index (κ2) is 10.2. The summed E-state index contributed by atoms with van der Waals surface area (Å²) in [5.74, 6) is -0.647. The summed E-state index contributed by atoms with van der Waals surface area (Å²) >= 11 is 6.10. The number of aromatic nitrogens is 2. The van der Waals surface area contributed by atoms with Crippen LogP contribution >= 0.6 is 11.6 Å². The van der Waals surface area contributed by atoms with Gasteiger partial charge in [0.25, 0.3) is 0 Å². The van der Waals surface area contributed by atoms with Gasteiger partial charge in [0.2, 0.25) is 5.91 Å². The van der Waals surface area contributed by atoms with Gasteiger partial charge in [-0.1, -0.05) is 35.9 Å². The zero-order chi connectivity index (χ0) is 24.2. The molecule has 1 fully saturated rings. The Hall–Kier alpha value is -3.43. The van der Waals surface area contributed by atoms with Crippen LogP contribution in [0.5, 0.6) is 0 Å². The minimum Gasteiger partial charge on any atom is -0.442 e. The quantitative estimate of drug-likeness (QED) is 0.444. The SMILES string of the molecule is CC(=O)NC[C@H]1CN(c2ccc(-c3ccc(CNC(C)c4n[nH]cc4Cl)cc3)c(F)c2)C(=O)O1. The van der Waals surface area contributed by atoms with Crippen LogP contribution in [-0.4, -0.2) is 41.4 Å². The molecule has 1 aromatic heterocycles. The van der Waals surface area contributed by atoms with E-state index in [9.17, 15) is 14.0 Å². The number of aromatic amines is 1. The topological polar surface area (TPSA) is 99.4 Å². The summed E-state index contributed by atoms with van der Waals surface area (Å²) in [5, 5.41) is 13.4. The second-order valence-corrected chi connectivity index (χ2v) is 8.54. The van der Waals surface area contributed by atoms with Crippen LogP contribution in [0.3, 0.4) is 0 Å². The molecule has 0 spiro atoms. The minimum absolute atomic E-state index is 0.0291. The fourth-order valence-corrected chi connectivity index (χ4v) is 4.02. The van der Waals surface area contributed by atoms with E-state index in [0.29, 0.717) is 22.8 Å². The number of cyclic esters (lactones) is 1. The number of carbonyl (C=O) groups excluding carboxylic acids is 2. The van der Waals surface area contributed by atoms with Crippen molar-refractivity contribution in [2.45, 2.75) is 32.5 Å². The lowest BCUT2D eigenvalue weighted by atomic mass is 10.0. The fourth-order valence-electron chi connectivity index (χ4n) is 3.76. The van der Waals surface area contributed by atoms with Gasteiger partial charge in [-0.25, -0.2) is 9.18 Å². The van der Waals surface area contributed by atoms with E-state index in [4.69, 9.17) is 16.3 Å². The van der Waals surface area contributed by atoms with Gasteiger partial charge < -0.3 is 15.4 Å². The van der Waals surface area contributed by atoms with E-state index >= 15 is 0 Å². The number of amides is 2. The lowest BCUT2D eigenvalue weighted by molar-refractivity contribution is -0.119. The molecule has 2 aromatic carbocycles. The fraction of sp³-hybridized carbons (Fsp3) is 0.292. The third-order valence-corrected chi connectivity index (χ3v) is 5.93. The maximum Gasteiger partial charge on any atom is 0.414 e. The molecule has 10 heteroatoms. The van der Waals surface area contributed by atoms with Crippen molar-refractivity contribution in [1.82, 2.24) is 20.8 Å². The van der Waals surface area contributed by atoms with Crippen molar-refractivity contribution >= 4 is 29.3 Å². The third kappa shape index (κ3) is 5.37. The number of anilines is 1. The first-order chi connectivity index (χ1) is 16.3. The number of H-pyrrole nitrogens is 1. The van der Waals surface area contributed by atoms with Crippen molar-refractivity contribution in [3.63, 3.8) is 0 Å². The first-order valence-electron chi connectivity index (χ1n) is 10.9. The highest BCUT2D eigenvalue weighted by molar-refractivity contribution is 6.31. The average Bonchev–Trinajstić information content (AvgIpc) is 3.41. The van der Waals surface area contributed by atoms with Crippen molar-refractivity contribution in [2.24, 2.45) is 0 Å². The molecule has 0 bridgehead atoms. The van der Waals surface area contributed by atoms with Crippen LogP contribution < -0.4 is 15.5 Å². The second-order valence-electron chi connectivity index (χ2n) is 8.14. The van der Waals surface area contributed by atoms with Crippen molar-refractivity contribution < 1.29 is 18.7 Å². The number of ether oxygens (including phenoxy) is 1. The van der Waals surface area contributed by atoms with Gasteiger partial charge in [0.15, 0.2) is 0 Å². The maximum absolute atomic E-state index is 14.9. The molecule has 8 nitrogen and oxygen atoms in total. The Labute approximate surface area is 201 Å². The zero-order valence-electron chi connectivity index (χ0n) is 18.8.